The summed E-state index contributed by atoms with van der Waals surface area (Å²) < 4.78 is 27.2. The molecule has 0 bridgehead atoms. The molecule has 1 N–H and O–H groups in total. The van der Waals surface area contributed by atoms with E-state index in [2.05, 4.69) is 21.3 Å². The van der Waals surface area contributed by atoms with Crippen molar-refractivity contribution in [3.05, 3.63) is 42.7 Å². The lowest BCUT2D eigenvalue weighted by Crippen LogP contribution is -2.42. The lowest BCUT2D eigenvalue weighted by atomic mass is 10.2. The zero-order chi connectivity index (χ0) is 19.1. The highest BCUT2D eigenvalue weighted by Crippen LogP contribution is 2.28. The Kier molecular flexibility index (Phi) is 4.56. The normalized spacial score (nSPS) is 18.3. The Morgan fingerprint density at radius 3 is 2.81 bits per heavy atom. The topological polar surface area (TPSA) is 83.8 Å². The van der Waals surface area contributed by atoms with Crippen LogP contribution in [0.5, 0.6) is 0 Å². The quantitative estimate of drug-likeness (QED) is 0.828. The summed E-state index contributed by atoms with van der Waals surface area (Å²) in [6, 6.07) is 4.07. The first-order valence-corrected chi connectivity index (χ1v) is 10.1. The van der Waals surface area contributed by atoms with Gasteiger partial charge in [0.05, 0.1) is 22.0 Å². The molecule has 3 rings (SSSR count). The second kappa shape index (κ2) is 6.42. The van der Waals surface area contributed by atoms with Crippen LogP contribution in [0, 0.1) is 0 Å². The van der Waals surface area contributed by atoms with Gasteiger partial charge in [0.1, 0.15) is 0 Å². The summed E-state index contributed by atoms with van der Waals surface area (Å²) in [6.45, 7) is 9.43. The van der Waals surface area contributed by atoms with Crippen LogP contribution in [0.1, 0.15) is 44.0 Å². The van der Waals surface area contributed by atoms with Crippen molar-refractivity contribution >= 4 is 27.1 Å². The van der Waals surface area contributed by atoms with Crippen molar-refractivity contribution in [1.82, 2.24) is 14.3 Å². The van der Waals surface area contributed by atoms with Crippen LogP contribution in [0.3, 0.4) is 0 Å². The van der Waals surface area contributed by atoms with Crippen LogP contribution >= 0.6 is 0 Å². The second-order valence-electron chi connectivity index (χ2n) is 7.46. The number of fused-ring (bicyclic) bond motifs is 1. The number of aromatic nitrogens is 2. The third kappa shape index (κ3) is 3.21. The van der Waals surface area contributed by atoms with Crippen molar-refractivity contribution in [2.45, 2.75) is 44.4 Å². The monoisotopic (exact) mass is 376 g/mol. The summed E-state index contributed by atoms with van der Waals surface area (Å²) in [4.78, 5) is 14.8. The maximum absolute atomic E-state index is 12.6. The molecule has 1 fully saturated rings. The van der Waals surface area contributed by atoms with E-state index in [0.29, 0.717) is 5.52 Å². The fourth-order valence-electron chi connectivity index (χ4n) is 3.01. The molecule has 0 radical (unpaired) electrons. The molecule has 1 unspecified atom stereocenters. The Balaban J connectivity index is 1.96. The van der Waals surface area contributed by atoms with Gasteiger partial charge in [-0.05, 0) is 45.7 Å². The van der Waals surface area contributed by atoms with E-state index >= 15 is 0 Å². The zero-order valence-electron chi connectivity index (χ0n) is 15.3. The van der Waals surface area contributed by atoms with Crippen molar-refractivity contribution in [1.29, 1.82) is 0 Å². The number of rotatable bonds is 4. The van der Waals surface area contributed by atoms with Crippen LogP contribution in [0.4, 0.5) is 5.69 Å². The summed E-state index contributed by atoms with van der Waals surface area (Å²) in [7, 11) is -3.79. The molecule has 26 heavy (non-hydrogen) atoms. The van der Waals surface area contributed by atoms with E-state index in [0.717, 1.165) is 25.1 Å². The van der Waals surface area contributed by atoms with Crippen molar-refractivity contribution in [2.75, 3.05) is 11.4 Å². The number of nitrogens with one attached hydrogen (secondary N) is 1. The maximum Gasteiger partial charge on any atom is 0.268 e. The van der Waals surface area contributed by atoms with Gasteiger partial charge in [0.15, 0.2) is 0 Å². The van der Waals surface area contributed by atoms with E-state index in [9.17, 15) is 13.2 Å². The summed E-state index contributed by atoms with van der Waals surface area (Å²) in [5.41, 5.74) is 1.76. The largest absolute Gasteiger partial charge is 0.365 e. The van der Waals surface area contributed by atoms with Crippen molar-refractivity contribution in [3.8, 4) is 0 Å². The minimum Gasteiger partial charge on any atom is -0.365 e. The van der Waals surface area contributed by atoms with Crippen molar-refractivity contribution in [2.24, 2.45) is 0 Å². The highest BCUT2D eigenvalue weighted by atomic mass is 32.2. The van der Waals surface area contributed by atoms with E-state index in [4.69, 9.17) is 0 Å². The molecule has 1 aliphatic rings. The van der Waals surface area contributed by atoms with Crippen LogP contribution in [-0.4, -0.2) is 41.3 Å². The van der Waals surface area contributed by atoms with Crippen LogP contribution in [0.25, 0.3) is 5.52 Å². The first kappa shape index (κ1) is 18.4. The number of nitrogens with zero attached hydrogens (tertiary/aromatic N) is 3. The van der Waals surface area contributed by atoms with E-state index in [1.807, 2.05) is 18.2 Å². The molecular weight excluding hydrogens is 352 g/mol. The van der Waals surface area contributed by atoms with Crippen LogP contribution < -0.4 is 9.62 Å². The molecule has 2 aromatic rings. The van der Waals surface area contributed by atoms with E-state index in [-0.39, 0.29) is 11.6 Å². The Morgan fingerprint density at radius 2 is 2.15 bits per heavy atom. The first-order valence-electron chi connectivity index (χ1n) is 8.57. The van der Waals surface area contributed by atoms with Gasteiger partial charge in [0, 0.05) is 24.5 Å². The molecule has 3 heterocycles. The fraction of sp³-hybridized carbons (Fsp3) is 0.444. The molecule has 7 nitrogen and oxygen atoms in total. The summed E-state index contributed by atoms with van der Waals surface area (Å²) in [5, 5.41) is 4.16. The number of anilines is 1. The van der Waals surface area contributed by atoms with Gasteiger partial charge in [0.2, 0.25) is 10.0 Å². The Bertz CT molecular complexity index is 956. The minimum absolute atomic E-state index is 0.231. The van der Waals surface area contributed by atoms with Crippen LogP contribution in [-0.2, 0) is 10.0 Å². The molecule has 1 atom stereocenters. The van der Waals surface area contributed by atoms with E-state index < -0.39 is 20.7 Å². The third-order valence-corrected chi connectivity index (χ3v) is 6.75. The lowest BCUT2D eigenvalue weighted by Gasteiger charge is -2.24. The number of hydrogen-bond acceptors (Lipinski definition) is 5. The minimum atomic E-state index is -3.79. The Morgan fingerprint density at radius 1 is 1.42 bits per heavy atom. The van der Waals surface area contributed by atoms with Gasteiger partial charge in [-0.2, -0.15) is 5.10 Å². The number of pyridine rings is 1. The molecule has 2 aromatic heterocycles. The second-order valence-corrected chi connectivity index (χ2v) is 9.89. The number of hydrogen-bond donors (Lipinski definition) is 1. The Labute approximate surface area is 153 Å². The van der Waals surface area contributed by atoms with Gasteiger partial charge in [-0.1, -0.05) is 6.08 Å². The summed E-state index contributed by atoms with van der Waals surface area (Å²) in [6.07, 6.45) is 7.22. The highest BCUT2D eigenvalue weighted by molar-refractivity contribution is 7.91. The van der Waals surface area contributed by atoms with Gasteiger partial charge >= 0.3 is 0 Å². The van der Waals surface area contributed by atoms with E-state index in [1.54, 1.807) is 31.5 Å². The number of carbonyl (C=O) groups excluding carboxylic acids is 1. The highest BCUT2D eigenvalue weighted by Gasteiger charge is 2.32. The molecular formula is C18H24N4O3S. The molecule has 1 amide bonds. The number of carbonyl (C=O) groups is 1. The van der Waals surface area contributed by atoms with Crippen molar-refractivity contribution in [3.63, 3.8) is 0 Å². The number of amides is 1. The smallest absolute Gasteiger partial charge is 0.268 e. The van der Waals surface area contributed by atoms with Crippen LogP contribution in [0.15, 0.2) is 37.2 Å². The average Bonchev–Trinajstić information content (AvgIpc) is 3.19. The molecule has 1 aliphatic heterocycles. The molecule has 0 saturated carbocycles. The molecule has 0 aromatic carbocycles. The third-order valence-electron chi connectivity index (χ3n) is 4.69. The molecule has 8 heteroatoms. The molecule has 0 aliphatic carbocycles. The van der Waals surface area contributed by atoms with Gasteiger partial charge < -0.3 is 4.90 Å². The van der Waals surface area contributed by atoms with Gasteiger partial charge in [-0.15, -0.1) is 6.58 Å². The standard InChI is InChI=1S/C18H24N4O3S/c1-5-13-7-6-9-21(13)14-8-10-22-16(11-14)15(12-19-22)17(23)20-26(24,25)18(2,3)4/h5,8,10-13H,1,6-7,9H2,2-4H3,(H,20,23). The molecule has 140 valence electrons. The Hall–Kier alpha value is -2.35. The SMILES string of the molecule is C=CC1CCCN1c1ccn2ncc(C(=O)NS(=O)(=O)C(C)(C)C)c2c1. The summed E-state index contributed by atoms with van der Waals surface area (Å²) in [5.74, 6) is -0.672. The van der Waals surface area contributed by atoms with Gasteiger partial charge in [0.25, 0.3) is 5.91 Å². The molecule has 1 saturated heterocycles. The fourth-order valence-corrected chi connectivity index (χ4v) is 3.67. The van der Waals surface area contributed by atoms with Gasteiger partial charge in [-0.3, -0.25) is 4.79 Å². The maximum atomic E-state index is 12.6. The van der Waals surface area contributed by atoms with E-state index in [1.165, 1.54) is 6.20 Å². The molecule has 0 spiro atoms. The average molecular weight is 376 g/mol. The number of sulfonamides is 1. The first-order chi connectivity index (χ1) is 12.1. The summed E-state index contributed by atoms with van der Waals surface area (Å²) >= 11 is 0. The predicted molar refractivity (Wildman–Crippen MR) is 102 cm³/mol. The van der Waals surface area contributed by atoms with Gasteiger partial charge in [-0.25, -0.2) is 17.7 Å². The lowest BCUT2D eigenvalue weighted by molar-refractivity contribution is 0.0982. The predicted octanol–water partition coefficient (Wildman–Crippen LogP) is 2.35. The van der Waals surface area contributed by atoms with Crippen molar-refractivity contribution < 1.29 is 13.2 Å². The zero-order valence-corrected chi connectivity index (χ0v) is 16.1. The van der Waals surface area contributed by atoms with Crippen LogP contribution in [0.2, 0.25) is 0 Å².